The van der Waals surface area contributed by atoms with Crippen LogP contribution in [-0.4, -0.2) is 17.8 Å². The van der Waals surface area contributed by atoms with E-state index in [1.54, 1.807) is 6.07 Å². The molecule has 2 rings (SSSR count). The van der Waals surface area contributed by atoms with E-state index in [4.69, 9.17) is 4.74 Å². The Morgan fingerprint density at radius 1 is 1.50 bits per heavy atom. The van der Waals surface area contributed by atoms with Gasteiger partial charge in [-0.05, 0) is 6.07 Å². The van der Waals surface area contributed by atoms with E-state index in [1.165, 1.54) is 12.1 Å². The average Bonchev–Trinajstić information content (AvgIpc) is 2.26. The summed E-state index contributed by atoms with van der Waals surface area (Å²) in [6.45, 7) is 3.97. The summed E-state index contributed by atoms with van der Waals surface area (Å²) in [6.07, 6.45) is -0.557. The van der Waals surface area contributed by atoms with Crippen molar-refractivity contribution < 1.29 is 19.0 Å². The number of ether oxygens (including phenoxy) is 1. The van der Waals surface area contributed by atoms with Crippen LogP contribution in [0.3, 0.4) is 0 Å². The minimum absolute atomic E-state index is 0. The molecule has 0 unspecified atom stereocenters. The molecular formula is C12H15ClFNO3. The highest BCUT2D eigenvalue weighted by atomic mass is 35.5. The lowest BCUT2D eigenvalue weighted by atomic mass is 9.80. The number of hydrogen-bond acceptors (Lipinski definition) is 3. The van der Waals surface area contributed by atoms with Gasteiger partial charge in [-0.3, -0.25) is 0 Å². The van der Waals surface area contributed by atoms with Gasteiger partial charge in [0.05, 0.1) is 6.04 Å². The second-order valence-electron chi connectivity index (χ2n) is 4.82. The molecule has 18 heavy (non-hydrogen) atoms. The second kappa shape index (κ2) is 5.02. The maximum absolute atomic E-state index is 13.3. The Hall–Kier alpha value is -1.49. The van der Waals surface area contributed by atoms with Crippen LogP contribution >= 0.6 is 12.4 Å². The molecule has 0 aliphatic carbocycles. The number of carbonyl (C=O) groups excluding carboxylic acids is 1. The number of halogens is 2. The Bertz CT molecular complexity index is 465. The number of nitrogens with one attached hydrogen (secondary N) is 1. The minimum Gasteiger partial charge on any atom is -0.505 e. The van der Waals surface area contributed by atoms with E-state index < -0.39 is 29.1 Å². The summed E-state index contributed by atoms with van der Waals surface area (Å²) in [5.41, 5.74) is -0.0502. The molecule has 1 aliphatic rings. The van der Waals surface area contributed by atoms with E-state index in [0.717, 1.165) is 0 Å². The van der Waals surface area contributed by atoms with Crippen LogP contribution in [-0.2, 0) is 4.74 Å². The molecule has 100 valence electrons. The first-order valence-corrected chi connectivity index (χ1v) is 5.32. The summed E-state index contributed by atoms with van der Waals surface area (Å²) < 4.78 is 18.2. The SMILES string of the molecule is CC1(C)COC(=O)N[C@H]1c1cccc(F)c1O.Cl. The number of cyclic esters (lactones) is 1. The molecule has 1 aliphatic heterocycles. The summed E-state index contributed by atoms with van der Waals surface area (Å²) >= 11 is 0. The molecule has 1 aromatic carbocycles. The van der Waals surface area contributed by atoms with Crippen LogP contribution < -0.4 is 5.32 Å². The molecule has 1 fully saturated rings. The van der Waals surface area contributed by atoms with Crippen molar-refractivity contribution in [2.24, 2.45) is 5.41 Å². The Morgan fingerprint density at radius 2 is 2.17 bits per heavy atom. The van der Waals surface area contributed by atoms with Gasteiger partial charge in [-0.1, -0.05) is 26.0 Å². The van der Waals surface area contributed by atoms with Gasteiger partial charge in [0.2, 0.25) is 0 Å². The van der Waals surface area contributed by atoms with Crippen LogP contribution in [0.15, 0.2) is 18.2 Å². The Labute approximate surface area is 111 Å². The van der Waals surface area contributed by atoms with Crippen molar-refractivity contribution in [1.82, 2.24) is 5.32 Å². The van der Waals surface area contributed by atoms with E-state index in [9.17, 15) is 14.3 Å². The smallest absolute Gasteiger partial charge is 0.407 e. The predicted octanol–water partition coefficient (Wildman–Crippen LogP) is 2.76. The number of carbonyl (C=O) groups is 1. The molecule has 2 N–H and O–H groups in total. The summed E-state index contributed by atoms with van der Waals surface area (Å²) in [6, 6.07) is 3.80. The van der Waals surface area contributed by atoms with Crippen LogP contribution in [0.5, 0.6) is 5.75 Å². The third-order valence-electron chi connectivity index (χ3n) is 2.95. The van der Waals surface area contributed by atoms with Gasteiger partial charge in [0.15, 0.2) is 11.6 Å². The van der Waals surface area contributed by atoms with Gasteiger partial charge in [-0.15, -0.1) is 12.4 Å². The van der Waals surface area contributed by atoms with Gasteiger partial charge in [-0.25, -0.2) is 9.18 Å². The number of rotatable bonds is 1. The third kappa shape index (κ3) is 2.51. The maximum atomic E-state index is 13.3. The lowest BCUT2D eigenvalue weighted by Crippen LogP contribution is -2.46. The van der Waals surface area contributed by atoms with Crippen molar-refractivity contribution in [1.29, 1.82) is 0 Å². The van der Waals surface area contributed by atoms with E-state index in [1.807, 2.05) is 13.8 Å². The van der Waals surface area contributed by atoms with Gasteiger partial charge in [-0.2, -0.15) is 0 Å². The number of amides is 1. The number of benzene rings is 1. The Morgan fingerprint density at radius 3 is 2.83 bits per heavy atom. The normalized spacial score (nSPS) is 21.5. The summed E-state index contributed by atoms with van der Waals surface area (Å²) in [5.74, 6) is -1.12. The van der Waals surface area contributed by atoms with Crippen LogP contribution in [0.1, 0.15) is 25.5 Å². The van der Waals surface area contributed by atoms with Crippen molar-refractivity contribution in [2.75, 3.05) is 6.61 Å². The Balaban J connectivity index is 0.00000162. The lowest BCUT2D eigenvalue weighted by molar-refractivity contribution is 0.0380. The van der Waals surface area contributed by atoms with Crippen LogP contribution in [0, 0.1) is 11.2 Å². The first-order valence-electron chi connectivity index (χ1n) is 5.32. The number of para-hydroxylation sites is 1. The quantitative estimate of drug-likeness (QED) is 0.828. The number of aromatic hydroxyl groups is 1. The van der Waals surface area contributed by atoms with E-state index >= 15 is 0 Å². The molecule has 1 aromatic rings. The zero-order valence-electron chi connectivity index (χ0n) is 10.1. The second-order valence-corrected chi connectivity index (χ2v) is 4.82. The van der Waals surface area contributed by atoms with Crippen molar-refractivity contribution in [3.8, 4) is 5.75 Å². The molecule has 1 amide bonds. The number of hydrogen-bond donors (Lipinski definition) is 2. The molecule has 1 heterocycles. The van der Waals surface area contributed by atoms with Gasteiger partial charge in [0.25, 0.3) is 0 Å². The van der Waals surface area contributed by atoms with Crippen LogP contribution in [0.4, 0.5) is 9.18 Å². The number of phenols is 1. The summed E-state index contributed by atoms with van der Waals surface area (Å²) in [5, 5.41) is 12.3. The van der Waals surface area contributed by atoms with Gasteiger partial charge >= 0.3 is 6.09 Å². The fourth-order valence-corrected chi connectivity index (χ4v) is 1.95. The van der Waals surface area contributed by atoms with E-state index in [2.05, 4.69) is 5.32 Å². The third-order valence-corrected chi connectivity index (χ3v) is 2.95. The van der Waals surface area contributed by atoms with Gasteiger partial charge < -0.3 is 15.2 Å². The highest BCUT2D eigenvalue weighted by molar-refractivity contribution is 5.85. The fraction of sp³-hybridized carbons (Fsp3) is 0.417. The molecule has 0 radical (unpaired) electrons. The van der Waals surface area contributed by atoms with Crippen LogP contribution in [0.25, 0.3) is 0 Å². The van der Waals surface area contributed by atoms with Crippen molar-refractivity contribution in [2.45, 2.75) is 19.9 Å². The molecular weight excluding hydrogens is 261 g/mol. The molecule has 0 bridgehead atoms. The van der Waals surface area contributed by atoms with Crippen molar-refractivity contribution in [3.05, 3.63) is 29.6 Å². The fourth-order valence-electron chi connectivity index (χ4n) is 1.95. The largest absolute Gasteiger partial charge is 0.505 e. The zero-order chi connectivity index (χ0) is 12.6. The topological polar surface area (TPSA) is 58.6 Å². The standard InChI is InChI=1S/C12H14FNO3.ClH/c1-12(2)6-17-11(16)14-10(12)7-4-3-5-8(13)9(7)15;/h3-5,10,15H,6H2,1-2H3,(H,14,16);1H/t10-;/m0./s1. The van der Waals surface area contributed by atoms with E-state index in [0.29, 0.717) is 5.56 Å². The summed E-state index contributed by atoms with van der Waals surface area (Å²) in [4.78, 5) is 11.2. The number of alkyl carbamates (subject to hydrolysis) is 1. The highest BCUT2D eigenvalue weighted by Crippen LogP contribution is 2.40. The van der Waals surface area contributed by atoms with Crippen molar-refractivity contribution in [3.63, 3.8) is 0 Å². The maximum Gasteiger partial charge on any atom is 0.407 e. The average molecular weight is 276 g/mol. The van der Waals surface area contributed by atoms with E-state index in [-0.39, 0.29) is 19.0 Å². The lowest BCUT2D eigenvalue weighted by Gasteiger charge is -2.38. The highest BCUT2D eigenvalue weighted by Gasteiger charge is 2.39. The molecule has 0 saturated carbocycles. The van der Waals surface area contributed by atoms with Gasteiger partial charge in [0.1, 0.15) is 6.61 Å². The molecule has 0 spiro atoms. The molecule has 6 heteroatoms. The first kappa shape index (κ1) is 14.6. The Kier molecular flexibility index (Phi) is 4.06. The zero-order valence-corrected chi connectivity index (χ0v) is 10.9. The molecule has 1 atom stereocenters. The van der Waals surface area contributed by atoms with Crippen LogP contribution in [0.2, 0.25) is 0 Å². The van der Waals surface area contributed by atoms with Crippen molar-refractivity contribution >= 4 is 18.5 Å². The molecule has 0 aromatic heterocycles. The predicted molar refractivity (Wildman–Crippen MR) is 66.3 cm³/mol. The minimum atomic E-state index is -0.695. The number of phenolic OH excluding ortho intramolecular Hbond substituents is 1. The molecule has 1 saturated heterocycles. The molecule has 4 nitrogen and oxygen atoms in total. The first-order chi connectivity index (χ1) is 7.92. The summed E-state index contributed by atoms with van der Waals surface area (Å²) in [7, 11) is 0. The monoisotopic (exact) mass is 275 g/mol. The van der Waals surface area contributed by atoms with Gasteiger partial charge in [0, 0.05) is 11.0 Å².